The Bertz CT molecular complexity index is 278. The summed E-state index contributed by atoms with van der Waals surface area (Å²) in [5, 5.41) is 0. The summed E-state index contributed by atoms with van der Waals surface area (Å²) >= 11 is 0.510. The molecule has 0 saturated carbocycles. The molecular weight excluding hydrogens is 332 g/mol. The van der Waals surface area contributed by atoms with E-state index in [1.54, 1.807) is 0 Å². The van der Waals surface area contributed by atoms with E-state index in [-0.39, 0.29) is 0 Å². The van der Waals surface area contributed by atoms with Crippen molar-refractivity contribution < 1.29 is 30.7 Å². The predicted molar refractivity (Wildman–Crippen MR) is 41.3 cm³/mol. The molecule has 0 bridgehead atoms. The highest BCUT2D eigenvalue weighted by Crippen LogP contribution is 2.52. The van der Waals surface area contributed by atoms with Crippen LogP contribution in [0.4, 0.5) is 30.7 Å². The maximum Gasteiger partial charge on any atom is 0.353 e. The molecule has 14 heavy (non-hydrogen) atoms. The number of hydrogen-bond donors (Lipinski definition) is 0. The van der Waals surface area contributed by atoms with Gasteiger partial charge in [0.25, 0.3) is 0 Å². The quantitative estimate of drug-likeness (QED) is 0.464. The summed E-state index contributed by atoms with van der Waals surface area (Å²) in [7, 11) is 0. The normalized spacial score (nSPS) is 25.7. The third-order valence-corrected chi connectivity index (χ3v) is 2.64. The molecule has 0 amide bonds. The van der Waals surface area contributed by atoms with Crippen molar-refractivity contribution >= 4 is 22.6 Å². The van der Waals surface area contributed by atoms with Gasteiger partial charge in [-0.05, 0) is 22.6 Å². The Kier molecular flexibility index (Phi) is 2.62. The molecule has 0 atom stereocenters. The molecule has 1 aliphatic rings. The molecule has 1 aliphatic carbocycles. The lowest BCUT2D eigenvalue weighted by atomic mass is 10.1. The van der Waals surface area contributed by atoms with Crippen LogP contribution in [0.1, 0.15) is 0 Å². The first-order chi connectivity index (χ1) is 6.13. The summed E-state index contributed by atoms with van der Waals surface area (Å²) in [6.45, 7) is 0. The molecule has 0 radical (unpaired) electrons. The molecule has 0 unspecified atom stereocenters. The van der Waals surface area contributed by atoms with Crippen molar-refractivity contribution in [3.05, 3.63) is 21.1 Å². The van der Waals surface area contributed by atoms with Crippen molar-refractivity contribution in [3.8, 4) is 0 Å². The standard InChI is InChI=1S/C6F7I/c7-1-2(8)6(12,13)4(14)3(9)5(1,10)11. The molecule has 0 aliphatic heterocycles. The van der Waals surface area contributed by atoms with Gasteiger partial charge in [0.15, 0.2) is 5.83 Å². The number of allylic oxidation sites excluding steroid dienone is 4. The zero-order chi connectivity index (χ0) is 11.3. The van der Waals surface area contributed by atoms with Crippen LogP contribution < -0.4 is 0 Å². The predicted octanol–water partition coefficient (Wildman–Crippen LogP) is 4.04. The first-order valence-electron chi connectivity index (χ1n) is 3.01. The van der Waals surface area contributed by atoms with Crippen LogP contribution in [0.15, 0.2) is 21.1 Å². The zero-order valence-electron chi connectivity index (χ0n) is 6.02. The SMILES string of the molecule is FC1=C(F)C(F)(F)C(I)=C(F)C1(F)F. The van der Waals surface area contributed by atoms with Gasteiger partial charge in [0.2, 0.25) is 11.7 Å². The van der Waals surface area contributed by atoms with Crippen molar-refractivity contribution in [2.75, 3.05) is 0 Å². The van der Waals surface area contributed by atoms with Gasteiger partial charge in [-0.1, -0.05) is 0 Å². The molecule has 8 heteroatoms. The third-order valence-electron chi connectivity index (χ3n) is 1.49. The van der Waals surface area contributed by atoms with E-state index in [0.717, 1.165) is 0 Å². The van der Waals surface area contributed by atoms with Gasteiger partial charge in [-0.3, -0.25) is 0 Å². The zero-order valence-corrected chi connectivity index (χ0v) is 8.18. The third kappa shape index (κ3) is 1.34. The Morgan fingerprint density at radius 1 is 0.714 bits per heavy atom. The van der Waals surface area contributed by atoms with Crippen molar-refractivity contribution in [1.82, 2.24) is 0 Å². The minimum atomic E-state index is -4.94. The number of halogens is 8. The van der Waals surface area contributed by atoms with Gasteiger partial charge >= 0.3 is 11.8 Å². The van der Waals surface area contributed by atoms with E-state index in [0.29, 0.717) is 22.6 Å². The van der Waals surface area contributed by atoms with Gasteiger partial charge in [-0.2, -0.15) is 17.6 Å². The molecule has 0 nitrogen and oxygen atoms in total. The van der Waals surface area contributed by atoms with Gasteiger partial charge in [0.05, 0.1) is 0 Å². The summed E-state index contributed by atoms with van der Waals surface area (Å²) in [6.07, 6.45) is 0. The van der Waals surface area contributed by atoms with Gasteiger partial charge in [0.1, 0.15) is 3.58 Å². The van der Waals surface area contributed by atoms with E-state index >= 15 is 0 Å². The van der Waals surface area contributed by atoms with Crippen LogP contribution in [0.3, 0.4) is 0 Å². The van der Waals surface area contributed by atoms with Crippen molar-refractivity contribution in [3.63, 3.8) is 0 Å². The highest BCUT2D eigenvalue weighted by atomic mass is 127. The van der Waals surface area contributed by atoms with Crippen molar-refractivity contribution in [2.24, 2.45) is 0 Å². The Labute approximate surface area is 86.6 Å². The highest BCUT2D eigenvalue weighted by molar-refractivity contribution is 14.1. The fraction of sp³-hybridized carbons (Fsp3) is 0.333. The smallest absolute Gasteiger partial charge is 0.204 e. The lowest BCUT2D eigenvalue weighted by Crippen LogP contribution is -2.33. The largest absolute Gasteiger partial charge is 0.353 e. The first kappa shape index (κ1) is 11.8. The second-order valence-corrected chi connectivity index (χ2v) is 3.48. The van der Waals surface area contributed by atoms with Crippen LogP contribution in [0, 0.1) is 0 Å². The fourth-order valence-corrected chi connectivity index (χ4v) is 1.32. The lowest BCUT2D eigenvalue weighted by Gasteiger charge is -2.24. The molecule has 0 aromatic heterocycles. The van der Waals surface area contributed by atoms with Gasteiger partial charge in [-0.15, -0.1) is 0 Å². The molecule has 0 saturated heterocycles. The minimum Gasteiger partial charge on any atom is -0.204 e. The van der Waals surface area contributed by atoms with Crippen LogP contribution in [0.2, 0.25) is 0 Å². The molecule has 0 fully saturated rings. The monoisotopic (exact) mass is 332 g/mol. The van der Waals surface area contributed by atoms with E-state index in [1.807, 2.05) is 0 Å². The van der Waals surface area contributed by atoms with E-state index < -0.39 is 32.9 Å². The van der Waals surface area contributed by atoms with Crippen molar-refractivity contribution in [1.29, 1.82) is 0 Å². The van der Waals surface area contributed by atoms with E-state index in [9.17, 15) is 30.7 Å². The second kappa shape index (κ2) is 3.11. The van der Waals surface area contributed by atoms with Gasteiger partial charge in [0, 0.05) is 0 Å². The second-order valence-electron chi connectivity index (χ2n) is 2.40. The Morgan fingerprint density at radius 3 is 1.50 bits per heavy atom. The van der Waals surface area contributed by atoms with Gasteiger partial charge < -0.3 is 0 Å². The summed E-state index contributed by atoms with van der Waals surface area (Å²) in [6, 6.07) is 0. The van der Waals surface area contributed by atoms with Crippen LogP contribution in [-0.2, 0) is 0 Å². The van der Waals surface area contributed by atoms with Gasteiger partial charge in [-0.25, -0.2) is 13.2 Å². The Hall–Kier alpha value is -0.280. The van der Waals surface area contributed by atoms with Crippen LogP contribution in [-0.4, -0.2) is 11.8 Å². The maximum atomic E-state index is 12.5. The molecule has 1 rings (SSSR count). The summed E-state index contributed by atoms with van der Waals surface area (Å²) in [5.41, 5.74) is 0. The lowest BCUT2D eigenvalue weighted by molar-refractivity contribution is -0.0124. The van der Waals surface area contributed by atoms with Crippen molar-refractivity contribution in [2.45, 2.75) is 11.8 Å². The maximum absolute atomic E-state index is 12.5. The molecule has 0 aromatic rings. The number of alkyl halides is 4. The number of hydrogen-bond acceptors (Lipinski definition) is 0. The molecule has 0 spiro atoms. The average molecular weight is 332 g/mol. The number of rotatable bonds is 0. The van der Waals surface area contributed by atoms with E-state index in [4.69, 9.17) is 0 Å². The van der Waals surface area contributed by atoms with Crippen LogP contribution >= 0.6 is 22.6 Å². The van der Waals surface area contributed by atoms with E-state index in [2.05, 4.69) is 0 Å². The van der Waals surface area contributed by atoms with E-state index in [1.165, 1.54) is 0 Å². The minimum absolute atomic E-state index is 0.510. The van der Waals surface area contributed by atoms with Crippen LogP contribution in [0.5, 0.6) is 0 Å². The Morgan fingerprint density at radius 2 is 1.07 bits per heavy atom. The molecule has 80 valence electrons. The molecule has 0 aromatic carbocycles. The highest BCUT2D eigenvalue weighted by Gasteiger charge is 2.59. The molecule has 0 heterocycles. The molecule has 0 N–H and O–H groups in total. The fourth-order valence-electron chi connectivity index (χ4n) is 0.744. The molecular formula is C6F7I. The first-order valence-corrected chi connectivity index (χ1v) is 4.09. The summed E-state index contributed by atoms with van der Waals surface area (Å²) in [5.74, 6) is -18.3. The summed E-state index contributed by atoms with van der Waals surface area (Å²) in [4.78, 5) is 0. The average Bonchev–Trinajstić information content (AvgIpc) is 2.11. The van der Waals surface area contributed by atoms with Crippen LogP contribution in [0.25, 0.3) is 0 Å². The Balaban J connectivity index is 3.46. The topological polar surface area (TPSA) is 0 Å². The summed E-state index contributed by atoms with van der Waals surface area (Å²) < 4.78 is 85.1.